The standard InChI is InChI=1S/C22H29NO4S.C3H8/c1-5-6-18(2)17-28(24,25)23(15-19-7-11-21(26-3)12-8-19)16-20-9-13-22(27-4)14-10-20;1-3-2/h5,7-14,18H,1,6,15-17H2,2-4H3;3H2,1-2H3. The van der Waals surface area contributed by atoms with E-state index in [-0.39, 0.29) is 11.7 Å². The smallest absolute Gasteiger partial charge is 0.214 e. The lowest BCUT2D eigenvalue weighted by Gasteiger charge is -2.24. The molecule has 0 radical (unpaired) electrons. The Bertz CT molecular complexity index is 812. The van der Waals surface area contributed by atoms with Gasteiger partial charge >= 0.3 is 0 Å². The molecule has 31 heavy (non-hydrogen) atoms. The second-order valence-corrected chi connectivity index (χ2v) is 9.59. The Morgan fingerprint density at radius 3 is 1.61 bits per heavy atom. The first-order chi connectivity index (χ1) is 14.8. The molecule has 0 saturated heterocycles. The molecule has 0 aliphatic carbocycles. The van der Waals surface area contributed by atoms with E-state index in [0.29, 0.717) is 19.5 Å². The Morgan fingerprint density at radius 2 is 1.29 bits per heavy atom. The van der Waals surface area contributed by atoms with Crippen LogP contribution in [-0.2, 0) is 23.1 Å². The van der Waals surface area contributed by atoms with E-state index in [2.05, 4.69) is 20.4 Å². The molecule has 1 unspecified atom stereocenters. The number of nitrogens with zero attached hydrogens (tertiary/aromatic N) is 1. The van der Waals surface area contributed by atoms with E-state index in [1.807, 2.05) is 55.5 Å². The van der Waals surface area contributed by atoms with Crippen LogP contribution in [0.15, 0.2) is 61.2 Å². The Kier molecular flexibility index (Phi) is 12.0. The van der Waals surface area contributed by atoms with Crippen molar-refractivity contribution in [3.05, 3.63) is 72.3 Å². The fourth-order valence-corrected chi connectivity index (χ4v) is 4.70. The van der Waals surface area contributed by atoms with Crippen LogP contribution in [0.3, 0.4) is 0 Å². The molecule has 172 valence electrons. The van der Waals surface area contributed by atoms with E-state index in [1.165, 1.54) is 10.7 Å². The summed E-state index contributed by atoms with van der Waals surface area (Å²) in [6.07, 6.45) is 3.68. The molecule has 0 spiro atoms. The van der Waals surface area contributed by atoms with Crippen molar-refractivity contribution in [1.29, 1.82) is 0 Å². The average molecular weight is 448 g/mol. The lowest BCUT2D eigenvalue weighted by atomic mass is 10.1. The quantitative estimate of drug-likeness (QED) is 0.417. The molecule has 0 saturated carbocycles. The fraction of sp³-hybridized carbons (Fsp3) is 0.440. The summed E-state index contributed by atoms with van der Waals surface area (Å²) in [5.41, 5.74) is 1.82. The molecule has 2 aromatic rings. The number of rotatable bonds is 11. The highest BCUT2D eigenvalue weighted by Crippen LogP contribution is 2.21. The van der Waals surface area contributed by atoms with Crippen molar-refractivity contribution in [2.24, 2.45) is 5.92 Å². The van der Waals surface area contributed by atoms with Gasteiger partial charge in [-0.05, 0) is 47.7 Å². The van der Waals surface area contributed by atoms with Crippen molar-refractivity contribution in [3.63, 3.8) is 0 Å². The van der Waals surface area contributed by atoms with Gasteiger partial charge in [0, 0.05) is 13.1 Å². The van der Waals surface area contributed by atoms with E-state index >= 15 is 0 Å². The normalized spacial score (nSPS) is 11.9. The summed E-state index contributed by atoms with van der Waals surface area (Å²) in [6, 6.07) is 14.9. The van der Waals surface area contributed by atoms with Crippen LogP contribution in [0.1, 0.15) is 44.7 Å². The third kappa shape index (κ3) is 9.57. The van der Waals surface area contributed by atoms with Gasteiger partial charge in [0.1, 0.15) is 11.5 Å². The van der Waals surface area contributed by atoms with Crippen molar-refractivity contribution < 1.29 is 17.9 Å². The Balaban J connectivity index is 0.00000151. The second-order valence-electron chi connectivity index (χ2n) is 7.58. The van der Waals surface area contributed by atoms with E-state index < -0.39 is 10.0 Å². The summed E-state index contributed by atoms with van der Waals surface area (Å²) in [5, 5.41) is 0. The number of sulfonamides is 1. The highest BCUT2D eigenvalue weighted by molar-refractivity contribution is 7.89. The van der Waals surface area contributed by atoms with Crippen LogP contribution in [0.25, 0.3) is 0 Å². The van der Waals surface area contributed by atoms with Crippen molar-refractivity contribution in [2.75, 3.05) is 20.0 Å². The van der Waals surface area contributed by atoms with E-state index in [9.17, 15) is 8.42 Å². The maximum Gasteiger partial charge on any atom is 0.214 e. The van der Waals surface area contributed by atoms with Gasteiger partial charge < -0.3 is 9.47 Å². The van der Waals surface area contributed by atoms with Crippen molar-refractivity contribution >= 4 is 10.0 Å². The lowest BCUT2D eigenvalue weighted by Crippen LogP contribution is -2.34. The molecule has 0 amide bonds. The zero-order valence-electron chi connectivity index (χ0n) is 19.5. The van der Waals surface area contributed by atoms with Gasteiger partial charge in [-0.3, -0.25) is 0 Å². The van der Waals surface area contributed by atoms with Gasteiger partial charge in [-0.2, -0.15) is 4.31 Å². The molecule has 0 bridgehead atoms. The van der Waals surface area contributed by atoms with Crippen LogP contribution >= 0.6 is 0 Å². The van der Waals surface area contributed by atoms with Gasteiger partial charge in [0.2, 0.25) is 10.0 Å². The van der Waals surface area contributed by atoms with E-state index in [1.54, 1.807) is 20.3 Å². The van der Waals surface area contributed by atoms with Crippen LogP contribution in [-0.4, -0.2) is 32.7 Å². The van der Waals surface area contributed by atoms with Crippen molar-refractivity contribution in [1.82, 2.24) is 4.31 Å². The molecule has 0 aliphatic heterocycles. The topological polar surface area (TPSA) is 55.8 Å². The first kappa shape index (κ1) is 26.7. The van der Waals surface area contributed by atoms with Crippen molar-refractivity contribution in [3.8, 4) is 11.5 Å². The Morgan fingerprint density at radius 1 is 0.903 bits per heavy atom. The predicted molar refractivity (Wildman–Crippen MR) is 129 cm³/mol. The molecular formula is C25H37NO4S. The van der Waals surface area contributed by atoms with Crippen LogP contribution in [0.5, 0.6) is 11.5 Å². The number of hydrogen-bond acceptors (Lipinski definition) is 4. The third-order valence-electron chi connectivity index (χ3n) is 4.49. The molecule has 1 atom stereocenters. The molecule has 2 aromatic carbocycles. The summed E-state index contributed by atoms with van der Waals surface area (Å²) in [6.45, 7) is 10.5. The highest BCUT2D eigenvalue weighted by Gasteiger charge is 2.25. The van der Waals surface area contributed by atoms with Gasteiger partial charge in [0.05, 0.1) is 20.0 Å². The molecule has 0 N–H and O–H groups in total. The number of methoxy groups -OCH3 is 2. The van der Waals surface area contributed by atoms with E-state index in [4.69, 9.17) is 9.47 Å². The first-order valence-corrected chi connectivity index (χ1v) is 12.2. The number of ether oxygens (including phenoxy) is 2. The van der Waals surface area contributed by atoms with Gasteiger partial charge in [0.15, 0.2) is 0 Å². The van der Waals surface area contributed by atoms with Gasteiger partial charge in [-0.1, -0.05) is 57.5 Å². The third-order valence-corrected chi connectivity index (χ3v) is 6.53. The van der Waals surface area contributed by atoms with Crippen LogP contribution < -0.4 is 9.47 Å². The van der Waals surface area contributed by atoms with Gasteiger partial charge in [-0.15, -0.1) is 6.58 Å². The lowest BCUT2D eigenvalue weighted by molar-refractivity contribution is 0.393. The van der Waals surface area contributed by atoms with Crippen molar-refractivity contribution in [2.45, 2.75) is 46.7 Å². The van der Waals surface area contributed by atoms with Gasteiger partial charge in [0.25, 0.3) is 0 Å². The summed E-state index contributed by atoms with van der Waals surface area (Å²) < 4.78 is 38.1. The molecule has 2 rings (SSSR count). The monoisotopic (exact) mass is 447 g/mol. The Hall–Kier alpha value is -2.31. The molecule has 0 heterocycles. The summed E-state index contributed by atoms with van der Waals surface area (Å²) in [5.74, 6) is 1.59. The summed E-state index contributed by atoms with van der Waals surface area (Å²) >= 11 is 0. The molecule has 0 aromatic heterocycles. The predicted octanol–water partition coefficient (Wildman–Crippen LogP) is 5.66. The minimum atomic E-state index is -3.45. The highest BCUT2D eigenvalue weighted by atomic mass is 32.2. The van der Waals surface area contributed by atoms with E-state index in [0.717, 1.165) is 22.6 Å². The number of hydrogen-bond donors (Lipinski definition) is 0. The molecule has 5 nitrogen and oxygen atoms in total. The Labute approximate surface area is 188 Å². The number of benzene rings is 2. The molecular weight excluding hydrogens is 410 g/mol. The molecule has 0 fully saturated rings. The van der Waals surface area contributed by atoms with Crippen LogP contribution in [0.4, 0.5) is 0 Å². The minimum absolute atomic E-state index is 0.0109. The summed E-state index contributed by atoms with van der Waals surface area (Å²) in [4.78, 5) is 0. The average Bonchev–Trinajstić information content (AvgIpc) is 2.74. The summed E-state index contributed by atoms with van der Waals surface area (Å²) in [7, 11) is -0.233. The second kappa shape index (κ2) is 13.9. The zero-order chi connectivity index (χ0) is 23.3. The largest absolute Gasteiger partial charge is 0.497 e. The van der Waals surface area contributed by atoms with Gasteiger partial charge in [-0.25, -0.2) is 8.42 Å². The van der Waals surface area contributed by atoms with Crippen LogP contribution in [0, 0.1) is 5.92 Å². The minimum Gasteiger partial charge on any atom is -0.497 e. The molecule has 0 aliphatic rings. The maximum atomic E-state index is 13.1. The first-order valence-electron chi connectivity index (χ1n) is 10.6. The SMILES string of the molecule is C=CCC(C)CS(=O)(=O)N(Cc1ccc(OC)cc1)Cc1ccc(OC)cc1.CCC. The number of allylic oxidation sites excluding steroid dienone is 1. The van der Waals surface area contributed by atoms with Crippen LogP contribution in [0.2, 0.25) is 0 Å². The fourth-order valence-electron chi connectivity index (χ4n) is 2.94. The molecule has 6 heteroatoms. The zero-order valence-corrected chi connectivity index (χ0v) is 20.3. The maximum absolute atomic E-state index is 13.1.